The summed E-state index contributed by atoms with van der Waals surface area (Å²) in [6.45, 7) is 13.1. The minimum absolute atomic E-state index is 0.386. The van der Waals surface area contributed by atoms with Gasteiger partial charge >= 0.3 is 0 Å². The molecular weight excluding hydrogens is 304 g/mol. The molecule has 0 aliphatic rings. The second kappa shape index (κ2) is 11.6. The number of ether oxygens (including phenoxy) is 2. The van der Waals surface area contributed by atoms with E-state index < -0.39 is 0 Å². The Morgan fingerprint density at radius 3 is 2.50 bits per heavy atom. The first-order chi connectivity index (χ1) is 11.6. The Morgan fingerprint density at radius 2 is 1.88 bits per heavy atom. The zero-order valence-corrected chi connectivity index (χ0v) is 15.5. The van der Waals surface area contributed by atoms with Gasteiger partial charge in [0.15, 0.2) is 5.96 Å². The summed E-state index contributed by atoms with van der Waals surface area (Å²) in [7, 11) is 0. The molecule has 6 heteroatoms. The molecule has 0 aliphatic carbocycles. The van der Waals surface area contributed by atoms with Crippen LogP contribution in [-0.4, -0.2) is 50.3 Å². The number of guanidine groups is 1. The number of likely N-dealkylation sites (N-methyl/N-ethyl adjacent to an activating group) is 1. The van der Waals surface area contributed by atoms with Crippen molar-refractivity contribution in [3.63, 3.8) is 0 Å². The monoisotopic (exact) mass is 336 g/mol. The van der Waals surface area contributed by atoms with Gasteiger partial charge in [0.05, 0.1) is 25.4 Å². The average molecular weight is 336 g/mol. The van der Waals surface area contributed by atoms with Gasteiger partial charge in [-0.1, -0.05) is 13.8 Å². The smallest absolute Gasteiger partial charge is 0.193 e. The van der Waals surface area contributed by atoms with Gasteiger partial charge in [-0.2, -0.15) is 0 Å². The predicted octanol–water partition coefficient (Wildman–Crippen LogP) is 2.94. The summed E-state index contributed by atoms with van der Waals surface area (Å²) in [5, 5.41) is 3.12. The number of aliphatic imine (C=N–C) groups is 1. The summed E-state index contributed by atoms with van der Waals surface area (Å²) in [6.07, 6.45) is 1.15. The van der Waals surface area contributed by atoms with Crippen molar-refractivity contribution < 1.29 is 9.47 Å². The van der Waals surface area contributed by atoms with E-state index in [4.69, 9.17) is 15.2 Å². The van der Waals surface area contributed by atoms with E-state index in [1.54, 1.807) is 0 Å². The third-order valence-electron chi connectivity index (χ3n) is 3.51. The molecule has 1 aromatic rings. The molecule has 0 aromatic heterocycles. The average Bonchev–Trinajstić information content (AvgIpc) is 2.57. The summed E-state index contributed by atoms with van der Waals surface area (Å²) in [6, 6.07) is 5.65. The van der Waals surface area contributed by atoms with Crippen LogP contribution in [-0.2, 0) is 0 Å². The number of nitrogens with two attached hydrogens (primary N) is 1. The standard InChI is InChI=1S/C18H32N4O2/c1-5-12-22(6-2)13-11-20-18(19)21-16-14-15(23-7-3)9-10-17(16)24-8-4/h9-10,14H,5-8,11-13H2,1-4H3,(H3,19,20,21). The quantitative estimate of drug-likeness (QED) is 0.480. The molecule has 1 aromatic carbocycles. The van der Waals surface area contributed by atoms with Gasteiger partial charge < -0.3 is 25.4 Å². The van der Waals surface area contributed by atoms with E-state index in [2.05, 4.69) is 29.1 Å². The van der Waals surface area contributed by atoms with Gasteiger partial charge in [-0.05, 0) is 45.5 Å². The van der Waals surface area contributed by atoms with Crippen molar-refractivity contribution in [1.29, 1.82) is 0 Å². The molecule has 0 amide bonds. The van der Waals surface area contributed by atoms with Crippen LogP contribution in [0.4, 0.5) is 5.69 Å². The van der Waals surface area contributed by atoms with Gasteiger partial charge in [-0.25, -0.2) is 0 Å². The molecule has 0 bridgehead atoms. The fourth-order valence-electron chi connectivity index (χ4n) is 2.38. The van der Waals surface area contributed by atoms with Crippen molar-refractivity contribution in [2.45, 2.75) is 34.1 Å². The number of benzene rings is 1. The zero-order valence-electron chi connectivity index (χ0n) is 15.5. The Bertz CT molecular complexity index is 506. The van der Waals surface area contributed by atoms with Gasteiger partial charge in [0.2, 0.25) is 0 Å². The predicted molar refractivity (Wildman–Crippen MR) is 101 cm³/mol. The van der Waals surface area contributed by atoms with Crippen molar-refractivity contribution in [2.75, 3.05) is 44.7 Å². The summed E-state index contributed by atoms with van der Waals surface area (Å²) in [4.78, 5) is 6.77. The minimum atomic E-state index is 0.386. The molecule has 0 saturated heterocycles. The molecule has 136 valence electrons. The molecule has 6 nitrogen and oxygen atoms in total. The van der Waals surface area contributed by atoms with E-state index >= 15 is 0 Å². The highest BCUT2D eigenvalue weighted by Gasteiger charge is 2.07. The SMILES string of the molecule is CCCN(CC)CCN=C(N)Nc1cc(OCC)ccc1OCC. The molecule has 0 heterocycles. The molecule has 24 heavy (non-hydrogen) atoms. The second-order valence-electron chi connectivity index (χ2n) is 5.35. The van der Waals surface area contributed by atoms with Crippen LogP contribution in [0, 0.1) is 0 Å². The third kappa shape index (κ3) is 7.08. The summed E-state index contributed by atoms with van der Waals surface area (Å²) >= 11 is 0. The number of nitrogens with one attached hydrogen (secondary N) is 1. The van der Waals surface area contributed by atoms with E-state index in [1.807, 2.05) is 32.0 Å². The first-order valence-corrected chi connectivity index (χ1v) is 8.83. The minimum Gasteiger partial charge on any atom is -0.494 e. The maximum absolute atomic E-state index is 6.02. The lowest BCUT2D eigenvalue weighted by molar-refractivity contribution is 0.297. The van der Waals surface area contributed by atoms with E-state index in [1.165, 1.54) is 0 Å². The Balaban J connectivity index is 2.70. The number of hydrogen-bond donors (Lipinski definition) is 2. The molecule has 3 N–H and O–H groups in total. The van der Waals surface area contributed by atoms with Crippen LogP contribution in [0.3, 0.4) is 0 Å². The summed E-state index contributed by atoms with van der Waals surface area (Å²) in [5.41, 5.74) is 6.79. The molecule has 0 spiro atoms. The number of anilines is 1. The normalized spacial score (nSPS) is 11.6. The molecule has 0 saturated carbocycles. The van der Waals surface area contributed by atoms with Crippen LogP contribution in [0.2, 0.25) is 0 Å². The Kier molecular flexibility index (Phi) is 9.68. The highest BCUT2D eigenvalue weighted by Crippen LogP contribution is 2.29. The number of nitrogens with zero attached hydrogens (tertiary/aromatic N) is 2. The first kappa shape index (κ1) is 20.1. The van der Waals surface area contributed by atoms with Gasteiger partial charge in [-0.15, -0.1) is 0 Å². The van der Waals surface area contributed by atoms with Gasteiger partial charge in [-0.3, -0.25) is 4.99 Å². The largest absolute Gasteiger partial charge is 0.494 e. The lowest BCUT2D eigenvalue weighted by atomic mass is 10.2. The maximum atomic E-state index is 6.02. The van der Waals surface area contributed by atoms with E-state index in [0.717, 1.165) is 43.2 Å². The molecule has 0 unspecified atom stereocenters. The van der Waals surface area contributed by atoms with Crippen molar-refractivity contribution in [3.05, 3.63) is 18.2 Å². The second-order valence-corrected chi connectivity index (χ2v) is 5.35. The highest BCUT2D eigenvalue weighted by molar-refractivity contribution is 5.94. The van der Waals surface area contributed by atoms with Crippen LogP contribution in [0.1, 0.15) is 34.1 Å². The van der Waals surface area contributed by atoms with Gasteiger partial charge in [0.25, 0.3) is 0 Å². The zero-order chi connectivity index (χ0) is 17.8. The van der Waals surface area contributed by atoms with Crippen LogP contribution in [0.5, 0.6) is 11.5 Å². The Hall–Kier alpha value is -1.95. The van der Waals surface area contributed by atoms with Crippen molar-refractivity contribution >= 4 is 11.6 Å². The summed E-state index contributed by atoms with van der Waals surface area (Å²) in [5.74, 6) is 1.90. The Morgan fingerprint density at radius 1 is 1.12 bits per heavy atom. The Labute approximate surface area is 146 Å². The molecule has 0 aliphatic heterocycles. The van der Waals surface area contributed by atoms with E-state index in [0.29, 0.717) is 25.7 Å². The van der Waals surface area contributed by atoms with Crippen molar-refractivity contribution in [2.24, 2.45) is 10.7 Å². The number of rotatable bonds is 11. The molecule has 0 fully saturated rings. The fourth-order valence-corrected chi connectivity index (χ4v) is 2.38. The lowest BCUT2D eigenvalue weighted by Gasteiger charge is -2.18. The molecular formula is C18H32N4O2. The number of hydrogen-bond acceptors (Lipinski definition) is 4. The van der Waals surface area contributed by atoms with Gasteiger partial charge in [0, 0.05) is 12.6 Å². The van der Waals surface area contributed by atoms with Crippen molar-refractivity contribution in [3.8, 4) is 11.5 Å². The van der Waals surface area contributed by atoms with Crippen LogP contribution >= 0.6 is 0 Å². The maximum Gasteiger partial charge on any atom is 0.193 e. The van der Waals surface area contributed by atoms with Crippen LogP contribution in [0.25, 0.3) is 0 Å². The fraction of sp³-hybridized carbons (Fsp3) is 0.611. The molecule has 0 atom stereocenters. The third-order valence-corrected chi connectivity index (χ3v) is 3.51. The van der Waals surface area contributed by atoms with E-state index in [-0.39, 0.29) is 0 Å². The van der Waals surface area contributed by atoms with Crippen molar-refractivity contribution in [1.82, 2.24) is 4.90 Å². The molecule has 1 rings (SSSR count). The molecule has 0 radical (unpaired) electrons. The van der Waals surface area contributed by atoms with E-state index in [9.17, 15) is 0 Å². The first-order valence-electron chi connectivity index (χ1n) is 8.83. The lowest BCUT2D eigenvalue weighted by Crippen LogP contribution is -2.29. The summed E-state index contributed by atoms with van der Waals surface area (Å²) < 4.78 is 11.2. The topological polar surface area (TPSA) is 72.1 Å². The van der Waals surface area contributed by atoms with Crippen LogP contribution in [0.15, 0.2) is 23.2 Å². The van der Waals surface area contributed by atoms with Crippen LogP contribution < -0.4 is 20.5 Å². The van der Waals surface area contributed by atoms with Gasteiger partial charge in [0.1, 0.15) is 11.5 Å². The highest BCUT2D eigenvalue weighted by atomic mass is 16.5.